The first-order chi connectivity index (χ1) is 11.9. The monoisotopic (exact) mass is 407 g/mol. The van der Waals surface area contributed by atoms with Gasteiger partial charge in [-0.3, -0.25) is 9.78 Å². The van der Waals surface area contributed by atoms with Crippen molar-refractivity contribution in [1.29, 1.82) is 5.26 Å². The number of ether oxygens (including phenoxy) is 3. The first-order valence-corrected chi connectivity index (χ1v) is 8.17. The molecule has 2 atom stereocenters. The molecule has 2 unspecified atom stereocenters. The number of halogens is 1. The second kappa shape index (κ2) is 8.25. The van der Waals surface area contributed by atoms with Crippen molar-refractivity contribution in [2.24, 2.45) is 0 Å². The topological polar surface area (TPSA) is 93.5 Å². The van der Waals surface area contributed by atoms with E-state index < -0.39 is 17.7 Å². The number of hydrogen-bond acceptors (Lipinski definition) is 6. The molecule has 0 spiro atoms. The predicted molar refractivity (Wildman–Crippen MR) is 94.9 cm³/mol. The highest BCUT2D eigenvalue weighted by Gasteiger charge is 2.31. The highest BCUT2D eigenvalue weighted by molar-refractivity contribution is 9.10. The van der Waals surface area contributed by atoms with E-state index in [1.54, 1.807) is 31.3 Å². The molecule has 7 nitrogen and oxygen atoms in total. The number of amides is 1. The molecule has 1 heterocycles. The minimum absolute atomic E-state index is 0.0430. The van der Waals surface area contributed by atoms with Crippen molar-refractivity contribution in [3.8, 4) is 11.8 Å². The summed E-state index contributed by atoms with van der Waals surface area (Å²) in [4.78, 5) is 16.6. The number of nitrogens with zero attached hydrogens (tertiary/aromatic N) is 2. The summed E-state index contributed by atoms with van der Waals surface area (Å²) in [5.74, 6) is -0.129. The minimum atomic E-state index is -1.21. The van der Waals surface area contributed by atoms with Gasteiger partial charge in [-0.15, -0.1) is 0 Å². The van der Waals surface area contributed by atoms with E-state index >= 15 is 0 Å². The maximum Gasteiger partial charge on any atom is 0.290 e. The number of rotatable bonds is 7. The molecule has 0 aliphatic heterocycles. The predicted octanol–water partition coefficient (Wildman–Crippen LogP) is 2.39. The van der Waals surface area contributed by atoms with Gasteiger partial charge in [-0.2, -0.15) is 5.26 Å². The number of hydrogen-bond donors (Lipinski definition) is 1. The molecule has 1 aromatic carbocycles. The third-order valence-electron chi connectivity index (χ3n) is 3.37. The summed E-state index contributed by atoms with van der Waals surface area (Å²) in [5.41, 5.74) is -0.379. The Hall–Kier alpha value is -2.21. The second-order valence-electron chi connectivity index (χ2n) is 5.56. The highest BCUT2D eigenvalue weighted by atomic mass is 79.9. The molecule has 0 saturated carbocycles. The van der Waals surface area contributed by atoms with Gasteiger partial charge in [0.1, 0.15) is 11.3 Å². The molecule has 132 valence electrons. The molecule has 0 bridgehead atoms. The lowest BCUT2D eigenvalue weighted by atomic mass is 10.1. The number of fused-ring (bicyclic) bond motifs is 1. The molecule has 0 fully saturated rings. The number of methoxy groups -OCH3 is 2. The Morgan fingerprint density at radius 3 is 2.84 bits per heavy atom. The lowest BCUT2D eigenvalue weighted by molar-refractivity contribution is -0.149. The zero-order valence-corrected chi connectivity index (χ0v) is 15.7. The van der Waals surface area contributed by atoms with Crippen LogP contribution in [0, 0.1) is 11.3 Å². The SMILES string of the molecule is COCC(C)(C#N)NC(=O)C(OC)Oc1ccc2ncc(Br)cc2c1. The standard InChI is InChI=1S/C17H18BrN3O4/c1-17(9-19,10-23-2)21-15(22)16(24-3)25-13-4-5-14-11(7-13)6-12(18)8-20-14/h4-8,16H,10H2,1-3H3,(H,21,22). The van der Waals surface area contributed by atoms with E-state index in [0.717, 1.165) is 15.4 Å². The van der Waals surface area contributed by atoms with Crippen LogP contribution < -0.4 is 10.1 Å². The van der Waals surface area contributed by atoms with Crippen LogP contribution >= 0.6 is 15.9 Å². The van der Waals surface area contributed by atoms with Gasteiger partial charge >= 0.3 is 0 Å². The summed E-state index contributed by atoms with van der Waals surface area (Å²) in [6.07, 6.45) is 0.495. The van der Waals surface area contributed by atoms with Gasteiger partial charge in [-0.25, -0.2) is 0 Å². The molecular formula is C17H18BrN3O4. The fourth-order valence-electron chi connectivity index (χ4n) is 2.20. The quantitative estimate of drug-likeness (QED) is 0.708. The van der Waals surface area contributed by atoms with E-state index in [1.807, 2.05) is 12.1 Å². The van der Waals surface area contributed by atoms with Crippen LogP contribution in [0.5, 0.6) is 5.75 Å². The van der Waals surface area contributed by atoms with Gasteiger partial charge in [-0.05, 0) is 47.1 Å². The normalized spacial score (nSPS) is 14.4. The fraction of sp³-hybridized carbons (Fsp3) is 0.353. The van der Waals surface area contributed by atoms with E-state index in [2.05, 4.69) is 26.2 Å². The molecule has 8 heteroatoms. The zero-order valence-electron chi connectivity index (χ0n) is 14.1. The van der Waals surface area contributed by atoms with Crippen molar-refractivity contribution in [1.82, 2.24) is 10.3 Å². The molecule has 0 aliphatic carbocycles. The van der Waals surface area contributed by atoms with Crippen LogP contribution in [0.25, 0.3) is 10.9 Å². The van der Waals surface area contributed by atoms with Crippen molar-refractivity contribution in [3.63, 3.8) is 0 Å². The Bertz CT molecular complexity index is 808. The van der Waals surface area contributed by atoms with Crippen LogP contribution in [0.4, 0.5) is 0 Å². The molecule has 0 saturated heterocycles. The van der Waals surface area contributed by atoms with Crippen molar-refractivity contribution >= 4 is 32.7 Å². The number of nitriles is 1. The van der Waals surface area contributed by atoms with Gasteiger partial charge in [0.25, 0.3) is 12.2 Å². The zero-order chi connectivity index (χ0) is 18.4. The van der Waals surface area contributed by atoms with E-state index in [-0.39, 0.29) is 6.61 Å². The van der Waals surface area contributed by atoms with Crippen LogP contribution in [0.1, 0.15) is 6.92 Å². The molecule has 1 amide bonds. The Balaban J connectivity index is 2.16. The number of carbonyl (C=O) groups excluding carboxylic acids is 1. The van der Waals surface area contributed by atoms with E-state index in [4.69, 9.17) is 14.2 Å². The number of aromatic nitrogens is 1. The largest absolute Gasteiger partial charge is 0.455 e. The molecule has 0 radical (unpaired) electrons. The van der Waals surface area contributed by atoms with Crippen molar-refractivity contribution in [3.05, 3.63) is 34.9 Å². The number of pyridine rings is 1. The molecule has 2 rings (SSSR count). The fourth-order valence-corrected chi connectivity index (χ4v) is 2.55. The van der Waals surface area contributed by atoms with E-state index in [0.29, 0.717) is 5.75 Å². The van der Waals surface area contributed by atoms with Crippen LogP contribution in [-0.4, -0.2) is 43.5 Å². The van der Waals surface area contributed by atoms with E-state index in [1.165, 1.54) is 14.2 Å². The molecule has 25 heavy (non-hydrogen) atoms. The Morgan fingerprint density at radius 2 is 2.20 bits per heavy atom. The van der Waals surface area contributed by atoms with Gasteiger partial charge in [-0.1, -0.05) is 0 Å². The van der Waals surface area contributed by atoms with Gasteiger partial charge in [0.15, 0.2) is 0 Å². The smallest absolute Gasteiger partial charge is 0.290 e. The van der Waals surface area contributed by atoms with Gasteiger partial charge in [0, 0.05) is 30.3 Å². The Kier molecular flexibility index (Phi) is 6.31. The van der Waals surface area contributed by atoms with Crippen molar-refractivity contribution < 1.29 is 19.0 Å². The van der Waals surface area contributed by atoms with Crippen LogP contribution in [0.15, 0.2) is 34.9 Å². The maximum atomic E-state index is 12.4. The first kappa shape index (κ1) is 19.1. The molecular weight excluding hydrogens is 390 g/mol. The van der Waals surface area contributed by atoms with Crippen molar-refractivity contribution in [2.75, 3.05) is 20.8 Å². The van der Waals surface area contributed by atoms with Crippen LogP contribution in [-0.2, 0) is 14.3 Å². The maximum absolute atomic E-state index is 12.4. The number of benzene rings is 1. The van der Waals surface area contributed by atoms with E-state index in [9.17, 15) is 10.1 Å². The third-order valence-corrected chi connectivity index (χ3v) is 3.80. The Labute approximate surface area is 154 Å². The van der Waals surface area contributed by atoms with Gasteiger partial charge in [0.2, 0.25) is 0 Å². The summed E-state index contributed by atoms with van der Waals surface area (Å²) in [5, 5.41) is 12.6. The summed E-state index contributed by atoms with van der Waals surface area (Å²) in [6, 6.07) is 9.13. The number of carbonyl (C=O) groups is 1. The third kappa shape index (κ3) is 4.89. The van der Waals surface area contributed by atoms with Gasteiger partial charge in [0.05, 0.1) is 18.2 Å². The highest BCUT2D eigenvalue weighted by Crippen LogP contribution is 2.23. The average Bonchev–Trinajstić information content (AvgIpc) is 2.59. The van der Waals surface area contributed by atoms with Crippen LogP contribution in [0.3, 0.4) is 0 Å². The number of nitrogens with one attached hydrogen (secondary N) is 1. The summed E-state index contributed by atoms with van der Waals surface area (Å²) >= 11 is 3.37. The second-order valence-corrected chi connectivity index (χ2v) is 6.48. The minimum Gasteiger partial charge on any atom is -0.455 e. The lowest BCUT2D eigenvalue weighted by Gasteiger charge is -2.25. The van der Waals surface area contributed by atoms with Gasteiger partial charge < -0.3 is 19.5 Å². The lowest BCUT2D eigenvalue weighted by Crippen LogP contribution is -2.53. The van der Waals surface area contributed by atoms with Crippen molar-refractivity contribution in [2.45, 2.75) is 18.8 Å². The summed E-state index contributed by atoms with van der Waals surface area (Å²) in [7, 11) is 2.80. The molecule has 1 N–H and O–H groups in total. The van der Waals surface area contributed by atoms with Crippen LogP contribution in [0.2, 0.25) is 0 Å². The first-order valence-electron chi connectivity index (χ1n) is 7.38. The molecule has 1 aromatic heterocycles. The average molecular weight is 408 g/mol. The Morgan fingerprint density at radius 1 is 1.44 bits per heavy atom. The summed E-state index contributed by atoms with van der Waals surface area (Å²) < 4.78 is 16.5. The molecule has 0 aliphatic rings. The molecule has 2 aromatic rings. The summed E-state index contributed by atoms with van der Waals surface area (Å²) in [6.45, 7) is 1.60.